The Bertz CT molecular complexity index is 608. The van der Waals surface area contributed by atoms with Crippen molar-refractivity contribution >= 4 is 34.2 Å². The first-order chi connectivity index (χ1) is 10.0. The summed E-state index contributed by atoms with van der Waals surface area (Å²) in [5, 5.41) is 2.88. The van der Waals surface area contributed by atoms with Crippen LogP contribution in [0.4, 0.5) is 5.69 Å². The van der Waals surface area contributed by atoms with Crippen LogP contribution in [0, 0.1) is 9.49 Å². The number of benzene rings is 2. The van der Waals surface area contributed by atoms with E-state index in [1.54, 1.807) is 6.07 Å². The van der Waals surface area contributed by atoms with Crippen molar-refractivity contribution in [2.24, 2.45) is 5.92 Å². The lowest BCUT2D eigenvalue weighted by Gasteiger charge is -2.10. The molecule has 2 aromatic rings. The highest BCUT2D eigenvalue weighted by atomic mass is 127. The van der Waals surface area contributed by atoms with Crippen molar-refractivity contribution in [2.75, 3.05) is 11.9 Å². The fourth-order valence-corrected chi connectivity index (χ4v) is 2.27. The molecule has 0 unspecified atom stereocenters. The van der Waals surface area contributed by atoms with Gasteiger partial charge in [0.2, 0.25) is 0 Å². The van der Waals surface area contributed by atoms with E-state index in [0.717, 1.165) is 15.0 Å². The maximum atomic E-state index is 12.1. The highest BCUT2D eigenvalue weighted by Gasteiger charge is 2.06. The molecule has 1 N–H and O–H groups in total. The molecule has 0 radical (unpaired) electrons. The van der Waals surface area contributed by atoms with Crippen LogP contribution < -0.4 is 10.1 Å². The summed E-state index contributed by atoms with van der Waals surface area (Å²) in [6.07, 6.45) is 0. The van der Waals surface area contributed by atoms with Gasteiger partial charge in [0.05, 0.1) is 6.61 Å². The predicted molar refractivity (Wildman–Crippen MR) is 93.9 cm³/mol. The zero-order chi connectivity index (χ0) is 15.2. The number of anilines is 1. The molecule has 4 heteroatoms. The van der Waals surface area contributed by atoms with Crippen LogP contribution in [0.25, 0.3) is 0 Å². The van der Waals surface area contributed by atoms with Crippen molar-refractivity contribution in [3.8, 4) is 5.75 Å². The first-order valence-corrected chi connectivity index (χ1v) is 7.92. The smallest absolute Gasteiger partial charge is 0.255 e. The van der Waals surface area contributed by atoms with Crippen LogP contribution >= 0.6 is 22.6 Å². The predicted octanol–water partition coefficient (Wildman–Crippen LogP) is 4.58. The first kappa shape index (κ1) is 15.8. The Labute approximate surface area is 138 Å². The molecular formula is C17H18INO2. The molecule has 0 atom stereocenters. The van der Waals surface area contributed by atoms with Gasteiger partial charge in [0, 0.05) is 14.8 Å². The quantitative estimate of drug-likeness (QED) is 0.753. The van der Waals surface area contributed by atoms with Crippen molar-refractivity contribution in [3.63, 3.8) is 0 Å². The zero-order valence-corrected chi connectivity index (χ0v) is 14.3. The number of hydrogen-bond acceptors (Lipinski definition) is 2. The van der Waals surface area contributed by atoms with Crippen LogP contribution in [-0.2, 0) is 0 Å². The summed E-state index contributed by atoms with van der Waals surface area (Å²) in [7, 11) is 0. The molecule has 0 aromatic heterocycles. The summed E-state index contributed by atoms with van der Waals surface area (Å²) in [4.78, 5) is 12.1. The summed E-state index contributed by atoms with van der Waals surface area (Å²) in [6, 6.07) is 14.9. The van der Waals surface area contributed by atoms with Crippen LogP contribution in [0.2, 0.25) is 0 Å². The Morgan fingerprint density at radius 1 is 1.19 bits per heavy atom. The molecule has 0 saturated carbocycles. The highest BCUT2D eigenvalue weighted by Crippen LogP contribution is 2.17. The van der Waals surface area contributed by atoms with Crippen molar-refractivity contribution < 1.29 is 9.53 Å². The number of nitrogens with one attached hydrogen (secondary N) is 1. The number of hydrogen-bond donors (Lipinski definition) is 1. The molecule has 0 aliphatic heterocycles. The molecule has 3 nitrogen and oxygen atoms in total. The molecule has 21 heavy (non-hydrogen) atoms. The van der Waals surface area contributed by atoms with Gasteiger partial charge in [-0.25, -0.2) is 0 Å². The minimum absolute atomic E-state index is 0.107. The molecule has 110 valence electrons. The van der Waals surface area contributed by atoms with E-state index in [0.29, 0.717) is 18.1 Å². The van der Waals surface area contributed by atoms with Crippen molar-refractivity contribution in [3.05, 3.63) is 57.7 Å². The monoisotopic (exact) mass is 395 g/mol. The van der Waals surface area contributed by atoms with E-state index in [1.165, 1.54) is 0 Å². The lowest BCUT2D eigenvalue weighted by atomic mass is 10.2. The van der Waals surface area contributed by atoms with Gasteiger partial charge in [0.1, 0.15) is 5.75 Å². The summed E-state index contributed by atoms with van der Waals surface area (Å²) in [6.45, 7) is 4.90. The topological polar surface area (TPSA) is 38.3 Å². The van der Waals surface area contributed by atoms with E-state index < -0.39 is 0 Å². The van der Waals surface area contributed by atoms with E-state index in [-0.39, 0.29) is 5.91 Å². The normalized spacial score (nSPS) is 10.5. The number of amides is 1. The van der Waals surface area contributed by atoms with E-state index in [9.17, 15) is 4.79 Å². The SMILES string of the molecule is CC(C)COc1ccc(NC(=O)c2cccc(I)c2)cc1. The summed E-state index contributed by atoms with van der Waals surface area (Å²) >= 11 is 2.19. The van der Waals surface area contributed by atoms with Gasteiger partial charge in [-0.15, -0.1) is 0 Å². The van der Waals surface area contributed by atoms with Crippen LogP contribution in [0.15, 0.2) is 48.5 Å². The third-order valence-electron chi connectivity index (χ3n) is 2.78. The molecule has 0 fully saturated rings. The first-order valence-electron chi connectivity index (χ1n) is 6.84. The molecule has 0 aliphatic rings. The van der Waals surface area contributed by atoms with Gasteiger partial charge < -0.3 is 10.1 Å². The number of carbonyl (C=O) groups excluding carboxylic acids is 1. The van der Waals surface area contributed by atoms with Crippen molar-refractivity contribution in [1.29, 1.82) is 0 Å². The molecule has 2 rings (SSSR count). The van der Waals surface area contributed by atoms with Gasteiger partial charge in [-0.05, 0) is 71.0 Å². The van der Waals surface area contributed by atoms with E-state index >= 15 is 0 Å². The van der Waals surface area contributed by atoms with Gasteiger partial charge in [-0.2, -0.15) is 0 Å². The zero-order valence-electron chi connectivity index (χ0n) is 12.1. The third kappa shape index (κ3) is 5.04. The van der Waals surface area contributed by atoms with E-state index in [4.69, 9.17) is 4.74 Å². The van der Waals surface area contributed by atoms with Gasteiger partial charge >= 0.3 is 0 Å². The highest BCUT2D eigenvalue weighted by molar-refractivity contribution is 14.1. The molecule has 2 aromatic carbocycles. The van der Waals surface area contributed by atoms with Gasteiger partial charge in [-0.1, -0.05) is 19.9 Å². The van der Waals surface area contributed by atoms with Crippen molar-refractivity contribution in [2.45, 2.75) is 13.8 Å². The molecule has 1 amide bonds. The Morgan fingerprint density at radius 3 is 2.52 bits per heavy atom. The second kappa shape index (κ2) is 7.45. The second-order valence-electron chi connectivity index (χ2n) is 5.19. The lowest BCUT2D eigenvalue weighted by molar-refractivity contribution is 0.102. The van der Waals surface area contributed by atoms with Crippen molar-refractivity contribution in [1.82, 2.24) is 0 Å². The van der Waals surface area contributed by atoms with Crippen LogP contribution in [-0.4, -0.2) is 12.5 Å². The second-order valence-corrected chi connectivity index (χ2v) is 6.44. The fraction of sp³-hybridized carbons (Fsp3) is 0.235. The Morgan fingerprint density at radius 2 is 1.90 bits per heavy atom. The maximum Gasteiger partial charge on any atom is 0.255 e. The fourth-order valence-electron chi connectivity index (χ4n) is 1.73. The molecule has 0 saturated heterocycles. The summed E-state index contributed by atoms with van der Waals surface area (Å²) in [5.41, 5.74) is 1.41. The maximum absolute atomic E-state index is 12.1. The van der Waals surface area contributed by atoms with Crippen LogP contribution in [0.5, 0.6) is 5.75 Å². The Hall–Kier alpha value is -1.56. The minimum atomic E-state index is -0.107. The standard InChI is InChI=1S/C17H18INO2/c1-12(2)11-21-16-8-6-15(7-9-16)19-17(20)13-4-3-5-14(18)10-13/h3-10,12H,11H2,1-2H3,(H,19,20). The average molecular weight is 395 g/mol. The third-order valence-corrected chi connectivity index (χ3v) is 3.45. The largest absolute Gasteiger partial charge is 0.493 e. The van der Waals surface area contributed by atoms with Gasteiger partial charge in [0.25, 0.3) is 5.91 Å². The van der Waals surface area contributed by atoms with Gasteiger partial charge in [0.15, 0.2) is 0 Å². The number of ether oxygens (including phenoxy) is 1. The summed E-state index contributed by atoms with van der Waals surface area (Å²) < 4.78 is 6.65. The van der Waals surface area contributed by atoms with Crippen LogP contribution in [0.3, 0.4) is 0 Å². The number of rotatable bonds is 5. The number of carbonyl (C=O) groups is 1. The molecular weight excluding hydrogens is 377 g/mol. The Kier molecular flexibility index (Phi) is 5.61. The van der Waals surface area contributed by atoms with E-state index in [2.05, 4.69) is 41.8 Å². The summed E-state index contributed by atoms with van der Waals surface area (Å²) in [5.74, 6) is 1.20. The number of halogens is 1. The molecule has 0 spiro atoms. The molecule has 0 bridgehead atoms. The average Bonchev–Trinajstić information content (AvgIpc) is 2.46. The molecule has 0 heterocycles. The Balaban J connectivity index is 1.98. The van der Waals surface area contributed by atoms with Gasteiger partial charge in [-0.3, -0.25) is 4.79 Å². The van der Waals surface area contributed by atoms with E-state index in [1.807, 2.05) is 42.5 Å². The molecule has 0 aliphatic carbocycles. The minimum Gasteiger partial charge on any atom is -0.493 e. The van der Waals surface area contributed by atoms with Crippen LogP contribution in [0.1, 0.15) is 24.2 Å². The lowest BCUT2D eigenvalue weighted by Crippen LogP contribution is -2.12.